The minimum Gasteiger partial charge on any atom is -0.399 e. The van der Waals surface area contributed by atoms with Crippen molar-refractivity contribution in [2.45, 2.75) is 33.6 Å². The minimum atomic E-state index is 0.330. The average Bonchev–Trinajstić information content (AvgIpc) is 2.64. The summed E-state index contributed by atoms with van der Waals surface area (Å²) in [6.45, 7) is 8.18. The molecule has 1 aromatic carbocycles. The minimum absolute atomic E-state index is 0.330. The molecule has 0 aliphatic heterocycles. The maximum atomic E-state index is 5.82. The summed E-state index contributed by atoms with van der Waals surface area (Å²) in [7, 11) is 0. The molecular weight excluding hydrogens is 212 g/mol. The van der Waals surface area contributed by atoms with Gasteiger partial charge in [-0.15, -0.1) is 0 Å². The second kappa shape index (κ2) is 4.20. The zero-order valence-electron chi connectivity index (χ0n) is 10.7. The Morgan fingerprint density at radius 1 is 1.24 bits per heavy atom. The van der Waals surface area contributed by atoms with Crippen LogP contribution < -0.4 is 5.73 Å². The normalized spacial score (nSPS) is 11.1. The summed E-state index contributed by atoms with van der Waals surface area (Å²) in [5.74, 6) is 2.09. The zero-order valence-corrected chi connectivity index (χ0v) is 10.7. The number of aromatic nitrogens is 3. The van der Waals surface area contributed by atoms with E-state index in [2.05, 4.69) is 23.9 Å². The first-order valence-corrected chi connectivity index (χ1v) is 5.79. The smallest absolute Gasteiger partial charge is 0.153 e. The fourth-order valence-corrected chi connectivity index (χ4v) is 1.74. The predicted molar refractivity (Wildman–Crippen MR) is 69.3 cm³/mol. The van der Waals surface area contributed by atoms with Crippen LogP contribution in [0.5, 0.6) is 0 Å². The van der Waals surface area contributed by atoms with Gasteiger partial charge in [-0.05, 0) is 31.5 Å². The van der Waals surface area contributed by atoms with Gasteiger partial charge < -0.3 is 5.73 Å². The van der Waals surface area contributed by atoms with Gasteiger partial charge in [-0.25, -0.2) is 9.67 Å². The van der Waals surface area contributed by atoms with Crippen LogP contribution in [0.2, 0.25) is 0 Å². The number of rotatable bonds is 2. The Hall–Kier alpha value is -1.84. The molecule has 2 rings (SSSR count). The standard InChI is InChI=1S/C13H18N4/c1-8(2)13-15-10(4)17(16-13)12-7-11(14)6-5-9(12)3/h5-8H,14H2,1-4H3. The predicted octanol–water partition coefficient (Wildman–Crippen LogP) is 2.59. The lowest BCUT2D eigenvalue weighted by Crippen LogP contribution is -2.03. The topological polar surface area (TPSA) is 56.7 Å². The van der Waals surface area contributed by atoms with Crippen LogP contribution in [-0.2, 0) is 0 Å². The Morgan fingerprint density at radius 3 is 2.53 bits per heavy atom. The Labute approximate surface area is 101 Å². The van der Waals surface area contributed by atoms with Crippen molar-refractivity contribution in [3.63, 3.8) is 0 Å². The van der Waals surface area contributed by atoms with E-state index < -0.39 is 0 Å². The average molecular weight is 230 g/mol. The van der Waals surface area contributed by atoms with Crippen LogP contribution in [0, 0.1) is 13.8 Å². The molecular formula is C13H18N4. The second-order valence-electron chi connectivity index (χ2n) is 4.63. The molecule has 90 valence electrons. The molecule has 0 aliphatic carbocycles. The Morgan fingerprint density at radius 2 is 1.94 bits per heavy atom. The maximum Gasteiger partial charge on any atom is 0.153 e. The molecule has 0 spiro atoms. The molecule has 1 aromatic heterocycles. The molecule has 4 nitrogen and oxygen atoms in total. The second-order valence-corrected chi connectivity index (χ2v) is 4.63. The summed E-state index contributed by atoms with van der Waals surface area (Å²) >= 11 is 0. The number of hydrogen-bond acceptors (Lipinski definition) is 3. The van der Waals surface area contributed by atoms with Gasteiger partial charge in [0, 0.05) is 11.6 Å². The van der Waals surface area contributed by atoms with E-state index in [0.29, 0.717) is 5.92 Å². The molecule has 17 heavy (non-hydrogen) atoms. The molecule has 0 atom stereocenters. The molecule has 0 saturated carbocycles. The number of hydrogen-bond donors (Lipinski definition) is 1. The molecule has 0 amide bonds. The van der Waals surface area contributed by atoms with Gasteiger partial charge >= 0.3 is 0 Å². The van der Waals surface area contributed by atoms with Gasteiger partial charge in [-0.2, -0.15) is 5.10 Å². The summed E-state index contributed by atoms with van der Waals surface area (Å²) < 4.78 is 1.86. The van der Waals surface area contributed by atoms with Crippen molar-refractivity contribution >= 4 is 5.69 Å². The quantitative estimate of drug-likeness (QED) is 0.807. The van der Waals surface area contributed by atoms with Crippen LogP contribution in [0.1, 0.15) is 37.0 Å². The van der Waals surface area contributed by atoms with Crippen LogP contribution in [0.15, 0.2) is 18.2 Å². The summed E-state index contributed by atoms with van der Waals surface area (Å²) in [6, 6.07) is 5.83. The first-order valence-electron chi connectivity index (χ1n) is 5.79. The van der Waals surface area contributed by atoms with Gasteiger partial charge in [0.05, 0.1) is 5.69 Å². The van der Waals surface area contributed by atoms with E-state index in [4.69, 9.17) is 5.73 Å². The Bertz CT molecular complexity index is 540. The summed E-state index contributed by atoms with van der Waals surface area (Å²) in [5, 5.41) is 4.53. The third-order valence-electron chi connectivity index (χ3n) is 2.76. The van der Waals surface area contributed by atoms with Crippen LogP contribution in [0.3, 0.4) is 0 Å². The molecule has 0 aliphatic rings. The highest BCUT2D eigenvalue weighted by Gasteiger charge is 2.12. The molecule has 4 heteroatoms. The maximum absolute atomic E-state index is 5.82. The summed E-state index contributed by atoms with van der Waals surface area (Å²) in [6.07, 6.45) is 0. The molecule has 0 saturated heterocycles. The number of aryl methyl sites for hydroxylation is 2. The third-order valence-corrected chi connectivity index (χ3v) is 2.76. The first kappa shape index (κ1) is 11.6. The van der Waals surface area contributed by atoms with E-state index in [9.17, 15) is 0 Å². The lowest BCUT2D eigenvalue weighted by Gasteiger charge is -2.07. The molecule has 0 bridgehead atoms. The van der Waals surface area contributed by atoms with E-state index in [1.807, 2.05) is 36.7 Å². The molecule has 2 N–H and O–H groups in total. The van der Waals surface area contributed by atoms with Crippen LogP contribution >= 0.6 is 0 Å². The highest BCUT2D eigenvalue weighted by molar-refractivity contribution is 5.52. The van der Waals surface area contributed by atoms with Gasteiger partial charge in [0.1, 0.15) is 5.82 Å². The van der Waals surface area contributed by atoms with Crippen molar-refractivity contribution in [3.8, 4) is 5.69 Å². The lowest BCUT2D eigenvalue weighted by atomic mass is 10.2. The third kappa shape index (κ3) is 2.16. The Kier molecular flexibility index (Phi) is 2.88. The van der Waals surface area contributed by atoms with Crippen molar-refractivity contribution in [1.82, 2.24) is 14.8 Å². The van der Waals surface area contributed by atoms with Crippen LogP contribution in [-0.4, -0.2) is 14.8 Å². The van der Waals surface area contributed by atoms with Gasteiger partial charge in [-0.3, -0.25) is 0 Å². The number of anilines is 1. The van der Waals surface area contributed by atoms with E-state index in [0.717, 1.165) is 28.6 Å². The highest BCUT2D eigenvalue weighted by Crippen LogP contribution is 2.19. The van der Waals surface area contributed by atoms with Gasteiger partial charge in [0.2, 0.25) is 0 Å². The molecule has 0 unspecified atom stereocenters. The molecule has 0 radical (unpaired) electrons. The fraction of sp³-hybridized carbons (Fsp3) is 0.385. The van der Waals surface area contributed by atoms with Crippen molar-refractivity contribution in [3.05, 3.63) is 35.4 Å². The van der Waals surface area contributed by atoms with Crippen LogP contribution in [0.25, 0.3) is 5.69 Å². The fourth-order valence-electron chi connectivity index (χ4n) is 1.74. The Balaban J connectivity index is 2.56. The summed E-state index contributed by atoms with van der Waals surface area (Å²) in [4.78, 5) is 4.47. The number of nitrogens with two attached hydrogens (primary N) is 1. The number of nitrogen functional groups attached to an aromatic ring is 1. The summed E-state index contributed by atoms with van der Waals surface area (Å²) in [5.41, 5.74) is 8.71. The van der Waals surface area contributed by atoms with E-state index in [1.165, 1.54) is 0 Å². The molecule has 1 heterocycles. The molecule has 0 fully saturated rings. The molecule has 2 aromatic rings. The van der Waals surface area contributed by atoms with E-state index in [1.54, 1.807) is 0 Å². The monoisotopic (exact) mass is 230 g/mol. The van der Waals surface area contributed by atoms with Crippen molar-refractivity contribution in [2.75, 3.05) is 5.73 Å². The SMILES string of the molecule is Cc1ccc(N)cc1-n1nc(C(C)C)nc1C. The number of nitrogens with zero attached hydrogens (tertiary/aromatic N) is 3. The van der Waals surface area contributed by atoms with Gasteiger partial charge in [0.25, 0.3) is 0 Å². The van der Waals surface area contributed by atoms with Crippen LogP contribution in [0.4, 0.5) is 5.69 Å². The largest absolute Gasteiger partial charge is 0.399 e. The van der Waals surface area contributed by atoms with E-state index in [-0.39, 0.29) is 0 Å². The van der Waals surface area contributed by atoms with Crippen molar-refractivity contribution < 1.29 is 0 Å². The lowest BCUT2D eigenvalue weighted by molar-refractivity contribution is 0.750. The highest BCUT2D eigenvalue weighted by atomic mass is 15.3. The van der Waals surface area contributed by atoms with Crippen molar-refractivity contribution in [1.29, 1.82) is 0 Å². The zero-order chi connectivity index (χ0) is 12.6. The van der Waals surface area contributed by atoms with E-state index >= 15 is 0 Å². The van der Waals surface area contributed by atoms with Gasteiger partial charge in [-0.1, -0.05) is 19.9 Å². The van der Waals surface area contributed by atoms with Gasteiger partial charge in [0.15, 0.2) is 5.82 Å². The first-order chi connectivity index (χ1) is 7.99. The van der Waals surface area contributed by atoms with Crippen molar-refractivity contribution in [2.24, 2.45) is 0 Å². The number of benzene rings is 1.